The molecule has 2 rings (SSSR count). The molecule has 1 fully saturated rings. The lowest BCUT2D eigenvalue weighted by atomic mass is 10.0. The summed E-state index contributed by atoms with van der Waals surface area (Å²) in [6, 6.07) is 9.25. The predicted molar refractivity (Wildman–Crippen MR) is 77.5 cm³/mol. The first-order valence-corrected chi connectivity index (χ1v) is 6.89. The maximum absolute atomic E-state index is 12.4. The molecule has 5 nitrogen and oxygen atoms in total. The number of benzene rings is 1. The van der Waals surface area contributed by atoms with E-state index in [9.17, 15) is 14.7 Å². The summed E-state index contributed by atoms with van der Waals surface area (Å²) >= 11 is 0. The number of cyclic esters (lactones) is 1. The zero-order valence-corrected chi connectivity index (χ0v) is 11.9. The van der Waals surface area contributed by atoms with Gasteiger partial charge in [0.2, 0.25) is 5.91 Å². The molecule has 5 heteroatoms. The van der Waals surface area contributed by atoms with E-state index < -0.39 is 24.0 Å². The molecule has 112 valence electrons. The van der Waals surface area contributed by atoms with Gasteiger partial charge >= 0.3 is 6.09 Å². The first-order chi connectivity index (χ1) is 10.0. The number of carbonyl (C=O) groups is 2. The highest BCUT2D eigenvalue weighted by molar-refractivity contribution is 5.95. The summed E-state index contributed by atoms with van der Waals surface area (Å²) < 4.78 is 4.99. The van der Waals surface area contributed by atoms with Gasteiger partial charge < -0.3 is 9.84 Å². The van der Waals surface area contributed by atoms with Gasteiger partial charge in [-0.25, -0.2) is 9.69 Å². The number of ether oxygens (including phenoxy) is 1. The minimum Gasteiger partial charge on any atom is -0.447 e. The molecule has 1 aliphatic heterocycles. The second-order valence-electron chi connectivity index (χ2n) is 5.14. The zero-order chi connectivity index (χ0) is 15.4. The van der Waals surface area contributed by atoms with Crippen molar-refractivity contribution in [3.8, 4) is 0 Å². The summed E-state index contributed by atoms with van der Waals surface area (Å²) in [5.74, 6) is -1.17. The minimum atomic E-state index is -0.983. The van der Waals surface area contributed by atoms with Crippen molar-refractivity contribution in [1.82, 2.24) is 4.90 Å². The highest BCUT2D eigenvalue weighted by atomic mass is 16.6. The van der Waals surface area contributed by atoms with Crippen molar-refractivity contribution in [2.45, 2.75) is 25.5 Å². The van der Waals surface area contributed by atoms with E-state index in [4.69, 9.17) is 4.74 Å². The molecule has 2 amide bonds. The molecular weight excluding hydrogens is 270 g/mol. The highest BCUT2D eigenvalue weighted by Crippen LogP contribution is 2.21. The first kappa shape index (κ1) is 15.3. The van der Waals surface area contributed by atoms with Gasteiger partial charge in [-0.15, -0.1) is 6.58 Å². The standard InChI is InChI=1S/C16H19NO4/c1-3-14(18)11(2)15(19)17-13(10-21-16(17)20)9-12-7-5-4-6-8-12/h3-8,11,13-14,18H,1,9-10H2,2H3. The third-order valence-electron chi connectivity index (χ3n) is 3.66. The van der Waals surface area contributed by atoms with Crippen LogP contribution in [0.3, 0.4) is 0 Å². The van der Waals surface area contributed by atoms with Gasteiger partial charge in [0.1, 0.15) is 6.61 Å². The fraction of sp³-hybridized carbons (Fsp3) is 0.375. The molecule has 3 unspecified atom stereocenters. The van der Waals surface area contributed by atoms with Crippen LogP contribution in [-0.4, -0.2) is 40.8 Å². The van der Waals surface area contributed by atoms with Gasteiger partial charge in [0.25, 0.3) is 0 Å². The number of carbonyl (C=O) groups excluding carboxylic acids is 2. The monoisotopic (exact) mass is 289 g/mol. The van der Waals surface area contributed by atoms with Crippen LogP contribution in [0.4, 0.5) is 4.79 Å². The second-order valence-corrected chi connectivity index (χ2v) is 5.14. The van der Waals surface area contributed by atoms with Crippen LogP contribution in [0.2, 0.25) is 0 Å². The van der Waals surface area contributed by atoms with Crippen molar-refractivity contribution in [3.05, 3.63) is 48.6 Å². The van der Waals surface area contributed by atoms with Gasteiger partial charge in [-0.05, 0) is 12.0 Å². The third kappa shape index (κ3) is 3.31. The molecular formula is C16H19NO4. The van der Waals surface area contributed by atoms with Crippen molar-refractivity contribution in [1.29, 1.82) is 0 Å². The van der Waals surface area contributed by atoms with Crippen LogP contribution in [0.15, 0.2) is 43.0 Å². The summed E-state index contributed by atoms with van der Waals surface area (Å²) in [6.07, 6.45) is 0.193. The fourth-order valence-electron chi connectivity index (χ4n) is 2.34. The van der Waals surface area contributed by atoms with Gasteiger partial charge in [-0.3, -0.25) is 4.79 Å². The molecule has 1 heterocycles. The van der Waals surface area contributed by atoms with Gasteiger partial charge in [0.15, 0.2) is 0 Å². The van der Waals surface area contributed by atoms with Crippen molar-refractivity contribution in [3.63, 3.8) is 0 Å². The van der Waals surface area contributed by atoms with E-state index in [0.29, 0.717) is 6.42 Å². The summed E-state index contributed by atoms with van der Waals surface area (Å²) in [7, 11) is 0. The molecule has 0 saturated carbocycles. The largest absolute Gasteiger partial charge is 0.447 e. The molecule has 0 spiro atoms. The van der Waals surface area contributed by atoms with E-state index in [-0.39, 0.29) is 12.6 Å². The molecule has 1 aliphatic rings. The lowest BCUT2D eigenvalue weighted by Gasteiger charge is -2.24. The Bertz CT molecular complexity index is 528. The summed E-state index contributed by atoms with van der Waals surface area (Å²) in [6.45, 7) is 5.21. The maximum atomic E-state index is 12.4. The van der Waals surface area contributed by atoms with Gasteiger partial charge in [0, 0.05) is 0 Å². The van der Waals surface area contributed by atoms with Gasteiger partial charge in [-0.2, -0.15) is 0 Å². The smallest absolute Gasteiger partial charge is 0.416 e. The number of nitrogens with zero attached hydrogens (tertiary/aromatic N) is 1. The van der Waals surface area contributed by atoms with Crippen molar-refractivity contribution in [2.24, 2.45) is 5.92 Å². The summed E-state index contributed by atoms with van der Waals surface area (Å²) in [5.41, 5.74) is 1.02. The number of hydrogen-bond donors (Lipinski definition) is 1. The van der Waals surface area contributed by atoms with E-state index >= 15 is 0 Å². The van der Waals surface area contributed by atoms with Crippen LogP contribution in [-0.2, 0) is 16.0 Å². The summed E-state index contributed by atoms with van der Waals surface area (Å²) in [4.78, 5) is 25.3. The highest BCUT2D eigenvalue weighted by Gasteiger charge is 2.40. The van der Waals surface area contributed by atoms with E-state index in [0.717, 1.165) is 10.5 Å². The quantitative estimate of drug-likeness (QED) is 0.839. The lowest BCUT2D eigenvalue weighted by molar-refractivity contribution is -0.135. The number of aliphatic hydroxyl groups is 1. The Morgan fingerprint density at radius 2 is 2.19 bits per heavy atom. The van der Waals surface area contributed by atoms with Crippen molar-refractivity contribution >= 4 is 12.0 Å². The minimum absolute atomic E-state index is 0.177. The number of rotatable bonds is 5. The Morgan fingerprint density at radius 3 is 2.81 bits per heavy atom. The van der Waals surface area contributed by atoms with E-state index in [1.807, 2.05) is 30.3 Å². The van der Waals surface area contributed by atoms with Crippen LogP contribution in [0.5, 0.6) is 0 Å². The molecule has 1 aromatic rings. The molecule has 0 bridgehead atoms. The van der Waals surface area contributed by atoms with Crippen LogP contribution in [0.1, 0.15) is 12.5 Å². The Balaban J connectivity index is 2.13. The van der Waals surface area contributed by atoms with E-state index in [2.05, 4.69) is 6.58 Å². The van der Waals surface area contributed by atoms with Crippen LogP contribution < -0.4 is 0 Å². The zero-order valence-electron chi connectivity index (χ0n) is 11.9. The third-order valence-corrected chi connectivity index (χ3v) is 3.66. The average Bonchev–Trinajstić information content (AvgIpc) is 2.86. The molecule has 0 aromatic heterocycles. The molecule has 1 saturated heterocycles. The fourth-order valence-corrected chi connectivity index (χ4v) is 2.34. The molecule has 0 aliphatic carbocycles. The van der Waals surface area contributed by atoms with Crippen LogP contribution >= 0.6 is 0 Å². The molecule has 3 atom stereocenters. The number of aliphatic hydroxyl groups excluding tert-OH is 1. The summed E-state index contributed by atoms with van der Waals surface area (Å²) in [5, 5.41) is 9.70. The Kier molecular flexibility index (Phi) is 4.75. The van der Waals surface area contributed by atoms with Crippen molar-refractivity contribution < 1.29 is 19.4 Å². The Morgan fingerprint density at radius 1 is 1.52 bits per heavy atom. The first-order valence-electron chi connectivity index (χ1n) is 6.89. The van der Waals surface area contributed by atoms with E-state index in [1.54, 1.807) is 6.92 Å². The van der Waals surface area contributed by atoms with Crippen molar-refractivity contribution in [2.75, 3.05) is 6.61 Å². The molecule has 21 heavy (non-hydrogen) atoms. The van der Waals surface area contributed by atoms with Gasteiger partial charge in [0.05, 0.1) is 18.1 Å². The number of hydrogen-bond acceptors (Lipinski definition) is 4. The normalized spacial score (nSPS) is 20.8. The van der Waals surface area contributed by atoms with Crippen LogP contribution in [0, 0.1) is 5.92 Å². The molecule has 1 N–H and O–H groups in total. The number of amides is 2. The predicted octanol–water partition coefficient (Wildman–Crippen LogP) is 1.76. The molecule has 1 aromatic carbocycles. The topological polar surface area (TPSA) is 66.8 Å². The second kappa shape index (κ2) is 6.54. The average molecular weight is 289 g/mol. The van der Waals surface area contributed by atoms with E-state index in [1.165, 1.54) is 6.08 Å². The van der Waals surface area contributed by atoms with Crippen LogP contribution in [0.25, 0.3) is 0 Å². The SMILES string of the molecule is C=CC(O)C(C)C(=O)N1C(=O)OCC1Cc1ccccc1. The Hall–Kier alpha value is -2.14. The van der Waals surface area contributed by atoms with Gasteiger partial charge in [-0.1, -0.05) is 43.3 Å². The Labute approximate surface area is 123 Å². The lowest BCUT2D eigenvalue weighted by Crippen LogP contribution is -2.45. The molecule has 0 radical (unpaired) electrons. The maximum Gasteiger partial charge on any atom is 0.416 e. The number of imide groups is 1.